The van der Waals surface area contributed by atoms with E-state index in [4.69, 9.17) is 28.1 Å². The number of amides is 2. The maximum Gasteiger partial charge on any atom is 2.00 e. The number of aldehydes is 2. The molecule has 0 bridgehead atoms. The van der Waals surface area contributed by atoms with Crippen molar-refractivity contribution in [2.24, 2.45) is 34.7 Å². The number of rotatable bonds is 14. The van der Waals surface area contributed by atoms with Gasteiger partial charge in [-0.1, -0.05) is 116 Å². The van der Waals surface area contributed by atoms with Gasteiger partial charge in [0.25, 0.3) is 11.8 Å². The second kappa shape index (κ2) is 51.1. The predicted octanol–water partition coefficient (Wildman–Crippen LogP) is 13.3. The third kappa shape index (κ3) is 31.5. The molecule has 6 aromatic rings. The number of methoxy groups -OCH3 is 4. The molecule has 5 aliphatic carbocycles. The number of hydrogen-bond donors (Lipinski definition) is 3. The van der Waals surface area contributed by atoms with Crippen molar-refractivity contribution in [2.75, 3.05) is 48.1 Å². The van der Waals surface area contributed by atoms with E-state index in [1.165, 1.54) is 79.8 Å². The van der Waals surface area contributed by atoms with Gasteiger partial charge in [-0.25, -0.2) is 19.2 Å². The average Bonchev–Trinajstić information content (AvgIpc) is 1.59. The molecule has 14 rings (SSSR count). The number of likely N-dealkylation sites (tertiary alicyclic amines) is 2. The fraction of sp³-hybridized carbons (Fsp3) is 0.582. The summed E-state index contributed by atoms with van der Waals surface area (Å²) in [6, 6.07) is 27.3. The number of terminal acetylenes is 1. The summed E-state index contributed by atoms with van der Waals surface area (Å²) in [5.41, 5.74) is 3.97. The Kier molecular flexibility index (Phi) is 44.0. The number of esters is 4. The van der Waals surface area contributed by atoms with Crippen LogP contribution in [0.1, 0.15) is 312 Å². The fourth-order valence-electron chi connectivity index (χ4n) is 15.5. The first kappa shape index (κ1) is 107. The Morgan fingerprint density at radius 3 is 1.23 bits per heavy atom. The molecule has 0 unspecified atom stereocenters. The first-order valence-corrected chi connectivity index (χ1v) is 41.6. The standard InChI is InChI=1S/C23H27N3O3.C22H23N3O4.C12H17NO3.C11H16N2O3.C8H15NO.C8H14O.C4H4O2.C2HF3O.CH3.BrH.Mg/c1-15-8-9-16(19-12-20(29-25-19)22(2,3)28)13-26(15)21(27)17-6-4-5-7-18(17)23(14-24)10-11-23;1-14-7-8-15(18-11-19(29-24-18)21(27)28-2)12-25(14)20(26)16-5-3-4-6-17(16)22(13-23)9-10-22;1-8-3-5-9(6-4-8)10-7-11(16-13-10)12(14)15-2;1-7-3-4-8(6-12-7)9-5-10(16-13-9)11(14)15-2;1-7-2-4-8(5-3-7)6-9-10;1-7-2-4-8(6-9)5-3-7;1-3-4(5)6-2;3-2(4,5)1-6;;;/h4-7,12,15-16,28H,8-11,13H2,1-3H3;3-6,11,14-15H,7-10,12H2,1-2H3;7-9H,3-6H2,1-2H3;5,7-8,12H,3-4,6H2,1-2H3;6-8,10H,2-5H2,1H3;6-8H,2-5H2,1H3;1H,2H3;1H;1H3;1H;/q;;;;;;;;-1;;+2/p-1/b;;;;9-6+;;;;;;/t15-,16-;14-,15-;;7-,8-;;;;;;;/m11.1......./s1. The summed E-state index contributed by atoms with van der Waals surface area (Å²) < 4.78 is 69.4. The molecule has 0 radical (unpaired) electrons. The zero-order valence-corrected chi connectivity index (χ0v) is 76.5. The summed E-state index contributed by atoms with van der Waals surface area (Å²) in [5.74, 6) is 4.72. The smallest absolute Gasteiger partial charge is 1.00 e. The van der Waals surface area contributed by atoms with E-state index in [0.717, 1.165) is 149 Å². The zero-order chi connectivity index (χ0) is 88.8. The summed E-state index contributed by atoms with van der Waals surface area (Å²) >= 11 is 0. The molecular formula is C91H120BrF3MgN10O18. The van der Waals surface area contributed by atoms with Gasteiger partial charge in [0, 0.05) is 115 Å². The first-order chi connectivity index (χ1) is 57.7. The number of ether oxygens (including phenoxy) is 4. The van der Waals surface area contributed by atoms with E-state index >= 15 is 0 Å². The minimum Gasteiger partial charge on any atom is -1.00 e. The SMILES string of the molecule is C#CC(=O)OC.CC1CCC(/C=N/O)CC1.CC1CCC(C=O)CC1.COC(=O)c1cc(C2CCC(C)CC2)no1.COC(=O)c1cc([C@@H]2CC[C@@H](C)N(C(=O)c3ccccc3C3(C#N)CC3)C2)no1.COC(=O)c1cc([C@@H]2CC[C@@H](C)NC2)no1.C[C@@H]1CC[C@@H](c2cc(C(C)(C)O)on2)CN1C(=O)c1ccccc1C1(C#N)CC1.O=CC(F)(F)F.[Br-].[CH3-].[Mg+2]. The molecule has 2 aromatic carbocycles. The van der Waals surface area contributed by atoms with Gasteiger partial charge in [0.05, 0.1) is 74.2 Å². The van der Waals surface area contributed by atoms with Crippen LogP contribution in [0.3, 0.4) is 0 Å². The van der Waals surface area contributed by atoms with Gasteiger partial charge in [-0.2, -0.15) is 23.7 Å². The van der Waals surface area contributed by atoms with Crippen molar-refractivity contribution in [1.29, 1.82) is 10.5 Å². The molecule has 8 aliphatic rings. The Hall–Kier alpha value is -9.59. The molecule has 3 N–H and O–H groups in total. The Morgan fingerprint density at radius 1 is 0.548 bits per heavy atom. The Labute approximate surface area is 751 Å². The molecule has 2 amide bonds. The molecule has 7 heterocycles. The van der Waals surface area contributed by atoms with Gasteiger partial charge in [0.1, 0.15) is 11.9 Å². The number of hydrogen-bond acceptors (Lipinski definition) is 26. The van der Waals surface area contributed by atoms with Crippen molar-refractivity contribution >= 4 is 77.5 Å². The number of nitrogens with one attached hydrogen (secondary N) is 1. The Bertz CT molecular complexity index is 4440. The Morgan fingerprint density at radius 2 is 0.903 bits per heavy atom. The summed E-state index contributed by atoms with van der Waals surface area (Å²) in [5, 5.41) is 60.1. The maximum atomic E-state index is 13.5. The molecule has 672 valence electrons. The van der Waals surface area contributed by atoms with Crippen LogP contribution in [0.2, 0.25) is 0 Å². The van der Waals surface area contributed by atoms with E-state index in [-0.39, 0.29) is 100 Å². The van der Waals surface area contributed by atoms with Crippen LogP contribution in [0, 0.1) is 72.0 Å². The van der Waals surface area contributed by atoms with E-state index in [1.54, 1.807) is 50.2 Å². The fourth-order valence-corrected chi connectivity index (χ4v) is 15.5. The van der Waals surface area contributed by atoms with E-state index < -0.39 is 52.8 Å². The summed E-state index contributed by atoms with van der Waals surface area (Å²) in [6.45, 7) is 18.3. The van der Waals surface area contributed by atoms with Gasteiger partial charge < -0.3 is 91.7 Å². The van der Waals surface area contributed by atoms with Crippen molar-refractivity contribution in [2.45, 2.75) is 261 Å². The number of benzene rings is 2. The van der Waals surface area contributed by atoms with Crippen molar-refractivity contribution in [1.82, 2.24) is 35.7 Å². The van der Waals surface area contributed by atoms with Gasteiger partial charge in [-0.15, -0.1) is 11.6 Å². The van der Waals surface area contributed by atoms with E-state index in [2.05, 4.69) is 103 Å². The predicted molar refractivity (Wildman–Crippen MR) is 450 cm³/mol. The molecular weight excluding hydrogens is 1680 g/mol. The third-order valence-electron chi connectivity index (χ3n) is 23.8. The average molecular weight is 1800 g/mol. The van der Waals surface area contributed by atoms with E-state index in [0.29, 0.717) is 65.4 Å². The van der Waals surface area contributed by atoms with Crippen LogP contribution in [0.15, 0.2) is 96.0 Å². The van der Waals surface area contributed by atoms with Crippen LogP contribution in [0.5, 0.6) is 0 Å². The topological polar surface area (TPSA) is 397 Å². The minimum atomic E-state index is -4.64. The number of oxime groups is 1. The molecule has 4 aromatic heterocycles. The van der Waals surface area contributed by atoms with Gasteiger partial charge in [0.2, 0.25) is 23.6 Å². The summed E-state index contributed by atoms with van der Waals surface area (Å²) in [7, 11) is 5.20. The minimum absolute atomic E-state index is 0. The molecule has 33 heteroatoms. The number of carbonyl (C=O) groups is 8. The molecule has 0 spiro atoms. The molecule has 8 fully saturated rings. The first-order valence-electron chi connectivity index (χ1n) is 41.6. The van der Waals surface area contributed by atoms with Crippen LogP contribution >= 0.6 is 0 Å². The molecule has 124 heavy (non-hydrogen) atoms. The largest absolute Gasteiger partial charge is 2.00 e. The van der Waals surface area contributed by atoms with Crippen LogP contribution in [0.25, 0.3) is 0 Å². The number of nitriles is 2. The molecule has 28 nitrogen and oxygen atoms in total. The number of aromatic nitrogens is 4. The molecule has 3 saturated heterocycles. The van der Waals surface area contributed by atoms with Crippen LogP contribution < -0.4 is 22.3 Å². The van der Waals surface area contributed by atoms with Gasteiger partial charge in [-0.05, 0) is 184 Å². The summed E-state index contributed by atoms with van der Waals surface area (Å²) in [4.78, 5) is 93.4. The monoisotopic (exact) mass is 1800 g/mol. The van der Waals surface area contributed by atoms with Crippen LogP contribution in [-0.2, 0) is 49.8 Å². The number of halogens is 4. The molecule has 5 saturated carbocycles. The van der Waals surface area contributed by atoms with Crippen LogP contribution in [-0.4, -0.2) is 191 Å². The van der Waals surface area contributed by atoms with E-state index in [9.17, 15) is 62.4 Å². The number of piperidine rings is 3. The van der Waals surface area contributed by atoms with Crippen molar-refractivity contribution < 1.29 is 116 Å². The van der Waals surface area contributed by atoms with Crippen molar-refractivity contribution in [3.63, 3.8) is 0 Å². The van der Waals surface area contributed by atoms with Gasteiger partial charge in [0.15, 0.2) is 5.76 Å². The van der Waals surface area contributed by atoms with Crippen molar-refractivity contribution in [3.05, 3.63) is 148 Å². The van der Waals surface area contributed by atoms with Crippen molar-refractivity contribution in [3.8, 4) is 24.5 Å². The second-order valence-corrected chi connectivity index (χ2v) is 33.4. The quantitative estimate of drug-likeness (QED) is 0.00871. The summed E-state index contributed by atoms with van der Waals surface area (Å²) in [6.07, 6.45) is 24.9. The van der Waals surface area contributed by atoms with Gasteiger partial charge >= 0.3 is 53.1 Å². The maximum absolute atomic E-state index is 13.5. The van der Waals surface area contributed by atoms with E-state index in [1.807, 2.05) is 65.3 Å². The third-order valence-corrected chi connectivity index (χ3v) is 23.8. The molecule has 3 aliphatic heterocycles. The second-order valence-electron chi connectivity index (χ2n) is 33.4. The Balaban J connectivity index is 0.000000315. The number of aliphatic hydroxyl groups is 1. The number of alkyl halides is 3. The normalized spacial score (nSPS) is 23.6. The number of nitrogens with zero attached hydrogens (tertiary/aromatic N) is 9. The van der Waals surface area contributed by atoms with Gasteiger partial charge in [-0.3, -0.25) is 14.4 Å². The van der Waals surface area contributed by atoms with Crippen LogP contribution in [0.4, 0.5) is 13.2 Å². The molecule has 6 atom stereocenters. The number of carbonyl (C=O) groups excluding carboxylic acids is 8. The zero-order valence-electron chi connectivity index (χ0n) is 73.5.